The molecule has 2 aromatic carbocycles. The summed E-state index contributed by atoms with van der Waals surface area (Å²) in [7, 11) is 0. The molecule has 156 valence electrons. The first-order valence-electron chi connectivity index (χ1n) is 10.1. The number of hydrogen-bond donors (Lipinski definition) is 1. The molecule has 0 bridgehead atoms. The van der Waals surface area contributed by atoms with Gasteiger partial charge in [-0.2, -0.15) is 5.10 Å². The fourth-order valence-electron chi connectivity index (χ4n) is 3.45. The molecule has 4 aromatic rings. The van der Waals surface area contributed by atoms with E-state index >= 15 is 0 Å². The molecule has 0 atom stereocenters. The van der Waals surface area contributed by atoms with Gasteiger partial charge in [-0.3, -0.25) is 9.78 Å². The van der Waals surface area contributed by atoms with Crippen LogP contribution in [0, 0.1) is 0 Å². The molecule has 0 amide bonds. The molecule has 0 unspecified atom stereocenters. The Morgan fingerprint density at radius 1 is 1.03 bits per heavy atom. The van der Waals surface area contributed by atoms with Crippen LogP contribution in [0.4, 0.5) is 11.4 Å². The van der Waals surface area contributed by atoms with Gasteiger partial charge in [0.15, 0.2) is 0 Å². The van der Waals surface area contributed by atoms with Crippen LogP contribution < -0.4 is 10.9 Å². The molecule has 0 saturated heterocycles. The fraction of sp³-hybridized carbons (Fsp3) is 0.167. The number of hydrogen-bond acceptors (Lipinski definition) is 6. The minimum atomic E-state index is -0.602. The van der Waals surface area contributed by atoms with E-state index in [2.05, 4.69) is 15.4 Å². The van der Waals surface area contributed by atoms with Crippen molar-refractivity contribution in [1.29, 1.82) is 0 Å². The van der Waals surface area contributed by atoms with Crippen LogP contribution in [-0.4, -0.2) is 27.3 Å². The molecular formula is C24H22N4O3. The number of aromatic nitrogens is 3. The number of anilines is 2. The first-order valence-corrected chi connectivity index (χ1v) is 10.1. The second-order valence-electron chi connectivity index (χ2n) is 6.81. The van der Waals surface area contributed by atoms with Gasteiger partial charge in [0.25, 0.3) is 5.56 Å². The largest absolute Gasteiger partial charge is 0.462 e. The maximum Gasteiger partial charge on any atom is 0.342 e. The standard InChI is InChI=1S/C24H22N4O3/c1-3-28-23(29)22(26-19-14-8-13-18-17(19)12-9-15-25-18)20(24(30)31-4-2)21(27-28)16-10-6-5-7-11-16/h5-15,26H,3-4H2,1-2H3. The van der Waals surface area contributed by atoms with Gasteiger partial charge in [-0.15, -0.1) is 0 Å². The Kier molecular flexibility index (Phi) is 5.75. The molecule has 4 rings (SSSR count). The highest BCUT2D eigenvalue weighted by Crippen LogP contribution is 2.30. The zero-order valence-electron chi connectivity index (χ0n) is 17.3. The lowest BCUT2D eigenvalue weighted by Gasteiger charge is -2.17. The Balaban J connectivity index is 1.99. The quantitative estimate of drug-likeness (QED) is 0.471. The number of nitrogens with zero attached hydrogens (tertiary/aromatic N) is 3. The number of nitrogens with one attached hydrogen (secondary N) is 1. The van der Waals surface area contributed by atoms with Crippen molar-refractivity contribution in [1.82, 2.24) is 14.8 Å². The lowest BCUT2D eigenvalue weighted by Crippen LogP contribution is -2.29. The number of carbonyl (C=O) groups is 1. The van der Waals surface area contributed by atoms with Crippen LogP contribution in [0.3, 0.4) is 0 Å². The van der Waals surface area contributed by atoms with Crippen LogP contribution in [0.25, 0.3) is 22.2 Å². The van der Waals surface area contributed by atoms with Crippen molar-refractivity contribution in [2.75, 3.05) is 11.9 Å². The van der Waals surface area contributed by atoms with E-state index in [1.54, 1.807) is 13.1 Å². The summed E-state index contributed by atoms with van der Waals surface area (Å²) >= 11 is 0. The van der Waals surface area contributed by atoms with Crippen LogP contribution in [0.2, 0.25) is 0 Å². The van der Waals surface area contributed by atoms with E-state index in [1.807, 2.05) is 67.6 Å². The lowest BCUT2D eigenvalue weighted by molar-refractivity contribution is 0.0527. The topological polar surface area (TPSA) is 86.1 Å². The molecule has 2 heterocycles. The molecule has 0 aliphatic heterocycles. The number of pyridine rings is 1. The maximum absolute atomic E-state index is 13.3. The smallest absolute Gasteiger partial charge is 0.342 e. The van der Waals surface area contributed by atoms with Crippen LogP contribution in [0.1, 0.15) is 24.2 Å². The Labute approximate surface area is 179 Å². The summed E-state index contributed by atoms with van der Waals surface area (Å²) in [5.74, 6) is -0.602. The first-order chi connectivity index (χ1) is 15.1. The minimum Gasteiger partial charge on any atom is -0.462 e. The SMILES string of the molecule is CCOC(=O)c1c(-c2ccccc2)nn(CC)c(=O)c1Nc1cccc2ncccc12. The van der Waals surface area contributed by atoms with Gasteiger partial charge < -0.3 is 10.1 Å². The monoisotopic (exact) mass is 414 g/mol. The minimum absolute atomic E-state index is 0.114. The predicted molar refractivity (Wildman–Crippen MR) is 121 cm³/mol. The summed E-state index contributed by atoms with van der Waals surface area (Å²) < 4.78 is 6.65. The van der Waals surface area contributed by atoms with E-state index < -0.39 is 11.5 Å². The van der Waals surface area contributed by atoms with E-state index in [9.17, 15) is 9.59 Å². The van der Waals surface area contributed by atoms with Crippen LogP contribution in [-0.2, 0) is 11.3 Å². The van der Waals surface area contributed by atoms with Gasteiger partial charge in [0.1, 0.15) is 16.9 Å². The van der Waals surface area contributed by atoms with E-state index in [4.69, 9.17) is 4.74 Å². The fourth-order valence-corrected chi connectivity index (χ4v) is 3.45. The van der Waals surface area contributed by atoms with Crippen molar-refractivity contribution >= 4 is 28.2 Å². The van der Waals surface area contributed by atoms with E-state index in [0.717, 1.165) is 16.5 Å². The molecule has 31 heavy (non-hydrogen) atoms. The predicted octanol–water partition coefficient (Wildman–Crippen LogP) is 4.40. The van der Waals surface area contributed by atoms with Crippen LogP contribution in [0.5, 0.6) is 0 Å². The zero-order chi connectivity index (χ0) is 21.8. The van der Waals surface area contributed by atoms with Crippen molar-refractivity contribution < 1.29 is 9.53 Å². The summed E-state index contributed by atoms with van der Waals surface area (Å²) in [6.45, 7) is 4.10. The molecule has 0 radical (unpaired) electrons. The molecule has 7 nitrogen and oxygen atoms in total. The number of carbonyl (C=O) groups excluding carboxylic acids is 1. The summed E-state index contributed by atoms with van der Waals surface area (Å²) in [5.41, 5.74) is 2.40. The molecule has 0 aliphatic rings. The van der Waals surface area contributed by atoms with E-state index in [0.29, 0.717) is 17.9 Å². The van der Waals surface area contributed by atoms with Gasteiger partial charge in [-0.05, 0) is 38.1 Å². The molecular weight excluding hydrogens is 392 g/mol. The lowest BCUT2D eigenvalue weighted by atomic mass is 10.0. The van der Waals surface area contributed by atoms with Gasteiger partial charge >= 0.3 is 5.97 Å². The second kappa shape index (κ2) is 8.79. The molecule has 0 spiro atoms. The third-order valence-electron chi connectivity index (χ3n) is 4.89. The van der Waals surface area contributed by atoms with E-state index in [-0.39, 0.29) is 17.9 Å². The third-order valence-corrected chi connectivity index (χ3v) is 4.89. The normalized spacial score (nSPS) is 10.8. The maximum atomic E-state index is 13.3. The Morgan fingerprint density at radius 3 is 2.58 bits per heavy atom. The molecule has 0 fully saturated rings. The number of rotatable bonds is 6. The van der Waals surface area contributed by atoms with Gasteiger partial charge in [0.05, 0.1) is 12.1 Å². The molecule has 0 saturated carbocycles. The third kappa shape index (κ3) is 3.90. The molecule has 1 N–H and O–H groups in total. The summed E-state index contributed by atoms with van der Waals surface area (Å²) in [4.78, 5) is 30.6. The summed E-state index contributed by atoms with van der Waals surface area (Å²) in [5, 5.41) is 8.51. The van der Waals surface area contributed by atoms with Gasteiger partial charge in [0.2, 0.25) is 0 Å². The Hall–Kier alpha value is -4.00. The molecule has 7 heteroatoms. The van der Waals surface area contributed by atoms with Crippen LogP contribution >= 0.6 is 0 Å². The van der Waals surface area contributed by atoms with Crippen molar-refractivity contribution in [3.8, 4) is 11.3 Å². The first kappa shape index (κ1) is 20.3. The zero-order valence-corrected chi connectivity index (χ0v) is 17.3. The highest BCUT2D eigenvalue weighted by Gasteiger charge is 2.25. The highest BCUT2D eigenvalue weighted by atomic mass is 16.5. The van der Waals surface area contributed by atoms with Crippen molar-refractivity contribution in [3.63, 3.8) is 0 Å². The summed E-state index contributed by atoms with van der Waals surface area (Å²) in [6, 6.07) is 18.6. The Bertz CT molecular complexity index is 1290. The number of ether oxygens (including phenoxy) is 1. The Morgan fingerprint density at radius 2 is 1.84 bits per heavy atom. The number of fused-ring (bicyclic) bond motifs is 1. The van der Waals surface area contributed by atoms with Crippen molar-refractivity contribution in [2.45, 2.75) is 20.4 Å². The molecule has 2 aromatic heterocycles. The average Bonchev–Trinajstić information content (AvgIpc) is 2.81. The molecule has 0 aliphatic carbocycles. The average molecular weight is 414 g/mol. The van der Waals surface area contributed by atoms with Crippen molar-refractivity contribution in [2.24, 2.45) is 0 Å². The second-order valence-corrected chi connectivity index (χ2v) is 6.81. The van der Waals surface area contributed by atoms with Crippen molar-refractivity contribution in [3.05, 3.63) is 82.8 Å². The van der Waals surface area contributed by atoms with Gasteiger partial charge in [0, 0.05) is 29.4 Å². The van der Waals surface area contributed by atoms with Gasteiger partial charge in [-0.25, -0.2) is 9.48 Å². The number of aryl methyl sites for hydroxylation is 1. The van der Waals surface area contributed by atoms with Gasteiger partial charge in [-0.1, -0.05) is 36.4 Å². The highest BCUT2D eigenvalue weighted by molar-refractivity contribution is 6.03. The van der Waals surface area contributed by atoms with Crippen LogP contribution in [0.15, 0.2) is 71.7 Å². The number of benzene rings is 2. The number of esters is 1. The summed E-state index contributed by atoms with van der Waals surface area (Å²) in [6.07, 6.45) is 1.71. The van der Waals surface area contributed by atoms with E-state index in [1.165, 1.54) is 4.68 Å².